The highest BCUT2D eigenvalue weighted by molar-refractivity contribution is 5.97. The number of carbonyl (C=O) groups excluding carboxylic acids is 3. The van der Waals surface area contributed by atoms with Gasteiger partial charge in [-0.05, 0) is 49.9 Å². The van der Waals surface area contributed by atoms with Crippen LogP contribution in [0.5, 0.6) is 0 Å². The maximum Gasteiger partial charge on any atom is 0.337 e. The minimum absolute atomic E-state index is 0.0394. The van der Waals surface area contributed by atoms with E-state index in [-0.39, 0.29) is 18.0 Å². The van der Waals surface area contributed by atoms with Crippen LogP contribution >= 0.6 is 0 Å². The van der Waals surface area contributed by atoms with Crippen LogP contribution in [0.15, 0.2) is 41.2 Å². The second kappa shape index (κ2) is 9.76. The lowest BCUT2D eigenvalue weighted by Gasteiger charge is -2.32. The molecule has 1 aromatic heterocycles. The SMILES string of the molecule is COC(=O)c1ccc(N2CCCC2)c(NC(=O)NC2CCN(C(=O)c3ccoc3)CC2)c1. The van der Waals surface area contributed by atoms with Crippen LogP contribution in [0.25, 0.3) is 0 Å². The Bertz CT molecular complexity index is 961. The summed E-state index contributed by atoms with van der Waals surface area (Å²) in [6.45, 7) is 2.95. The summed E-state index contributed by atoms with van der Waals surface area (Å²) in [5.74, 6) is -0.507. The standard InChI is InChI=1S/C23H28N4O5/c1-31-22(29)16-4-5-20(26-9-2-3-10-26)19(14-16)25-23(30)24-18-6-11-27(12-7-18)21(28)17-8-13-32-15-17/h4-5,8,13-15,18H,2-3,6-7,9-12H2,1H3,(H2,24,25,30). The number of amides is 3. The predicted octanol–water partition coefficient (Wildman–Crippen LogP) is 3.09. The molecule has 32 heavy (non-hydrogen) atoms. The number of hydrogen-bond donors (Lipinski definition) is 2. The Morgan fingerprint density at radius 2 is 1.78 bits per heavy atom. The topological polar surface area (TPSA) is 104 Å². The average Bonchev–Trinajstić information content (AvgIpc) is 3.53. The van der Waals surface area contributed by atoms with Crippen molar-refractivity contribution in [3.63, 3.8) is 0 Å². The Labute approximate surface area is 186 Å². The molecular formula is C23H28N4O5. The monoisotopic (exact) mass is 440 g/mol. The summed E-state index contributed by atoms with van der Waals surface area (Å²) in [5, 5.41) is 5.92. The molecule has 2 fully saturated rings. The smallest absolute Gasteiger partial charge is 0.337 e. The van der Waals surface area contributed by atoms with Crippen molar-refractivity contribution in [2.75, 3.05) is 43.5 Å². The molecule has 9 heteroatoms. The van der Waals surface area contributed by atoms with Crippen LogP contribution in [-0.2, 0) is 4.74 Å². The zero-order valence-corrected chi connectivity index (χ0v) is 18.1. The van der Waals surface area contributed by atoms with E-state index < -0.39 is 5.97 Å². The van der Waals surface area contributed by atoms with Gasteiger partial charge in [0.2, 0.25) is 0 Å². The first-order chi connectivity index (χ1) is 15.5. The third kappa shape index (κ3) is 4.87. The molecule has 0 bridgehead atoms. The quantitative estimate of drug-likeness (QED) is 0.693. The van der Waals surface area contributed by atoms with Gasteiger partial charge in [-0.3, -0.25) is 4.79 Å². The Morgan fingerprint density at radius 1 is 1.03 bits per heavy atom. The number of hydrogen-bond acceptors (Lipinski definition) is 6. The lowest BCUT2D eigenvalue weighted by Crippen LogP contribution is -2.47. The number of furan rings is 1. The van der Waals surface area contributed by atoms with Crippen molar-refractivity contribution >= 4 is 29.3 Å². The molecule has 2 N–H and O–H groups in total. The van der Waals surface area contributed by atoms with Crippen LogP contribution < -0.4 is 15.5 Å². The third-order valence-corrected chi connectivity index (χ3v) is 6.00. The van der Waals surface area contributed by atoms with Gasteiger partial charge in [-0.15, -0.1) is 0 Å². The summed E-state index contributed by atoms with van der Waals surface area (Å²) in [5.41, 5.74) is 2.40. The van der Waals surface area contributed by atoms with E-state index in [0.29, 0.717) is 42.7 Å². The summed E-state index contributed by atoms with van der Waals surface area (Å²) in [6.07, 6.45) is 6.45. The maximum absolute atomic E-state index is 12.8. The molecule has 2 saturated heterocycles. The molecule has 0 saturated carbocycles. The number of urea groups is 1. The third-order valence-electron chi connectivity index (χ3n) is 6.00. The first kappa shape index (κ1) is 21.7. The molecule has 2 aromatic rings. The van der Waals surface area contributed by atoms with Crippen LogP contribution in [0.4, 0.5) is 16.2 Å². The van der Waals surface area contributed by atoms with Gasteiger partial charge in [-0.2, -0.15) is 0 Å². The summed E-state index contributed by atoms with van der Waals surface area (Å²) < 4.78 is 9.81. The zero-order chi connectivity index (χ0) is 22.5. The van der Waals surface area contributed by atoms with Crippen molar-refractivity contribution in [1.82, 2.24) is 10.2 Å². The predicted molar refractivity (Wildman–Crippen MR) is 119 cm³/mol. The number of piperidine rings is 1. The lowest BCUT2D eigenvalue weighted by atomic mass is 10.0. The fourth-order valence-electron chi connectivity index (χ4n) is 4.25. The van der Waals surface area contributed by atoms with E-state index in [9.17, 15) is 14.4 Å². The minimum atomic E-state index is -0.448. The molecule has 9 nitrogen and oxygen atoms in total. The van der Waals surface area contributed by atoms with Crippen molar-refractivity contribution in [1.29, 1.82) is 0 Å². The molecule has 2 aliphatic rings. The summed E-state index contributed by atoms with van der Waals surface area (Å²) in [4.78, 5) is 41.1. The molecule has 0 radical (unpaired) electrons. The molecule has 3 amide bonds. The molecule has 0 unspecified atom stereocenters. The normalized spacial score (nSPS) is 16.7. The minimum Gasteiger partial charge on any atom is -0.472 e. The fourth-order valence-corrected chi connectivity index (χ4v) is 4.25. The van der Waals surface area contributed by atoms with Crippen LogP contribution in [0.3, 0.4) is 0 Å². The molecule has 1 aromatic carbocycles. The number of ether oxygens (including phenoxy) is 1. The number of carbonyl (C=O) groups is 3. The lowest BCUT2D eigenvalue weighted by molar-refractivity contribution is 0.0600. The van der Waals surface area contributed by atoms with Gasteiger partial charge in [-0.1, -0.05) is 0 Å². The van der Waals surface area contributed by atoms with E-state index in [1.54, 1.807) is 23.1 Å². The molecule has 0 aliphatic carbocycles. The van der Waals surface area contributed by atoms with Crippen molar-refractivity contribution < 1.29 is 23.5 Å². The number of esters is 1. The number of nitrogens with zero attached hydrogens (tertiary/aromatic N) is 2. The molecule has 4 rings (SSSR count). The number of nitrogens with one attached hydrogen (secondary N) is 2. The Morgan fingerprint density at radius 3 is 2.44 bits per heavy atom. The van der Waals surface area contributed by atoms with Crippen LogP contribution in [0.2, 0.25) is 0 Å². The summed E-state index contributed by atoms with van der Waals surface area (Å²) >= 11 is 0. The average molecular weight is 441 g/mol. The Balaban J connectivity index is 1.37. The fraction of sp³-hybridized carbons (Fsp3) is 0.435. The van der Waals surface area contributed by atoms with Crippen molar-refractivity contribution in [2.45, 2.75) is 31.7 Å². The van der Waals surface area contributed by atoms with Crippen LogP contribution in [-0.4, -0.2) is 62.1 Å². The van der Waals surface area contributed by atoms with Gasteiger partial charge in [-0.25, -0.2) is 9.59 Å². The van der Waals surface area contributed by atoms with E-state index in [0.717, 1.165) is 31.6 Å². The summed E-state index contributed by atoms with van der Waals surface area (Å²) in [6, 6.07) is 6.52. The second-order valence-electron chi connectivity index (χ2n) is 8.09. The highest BCUT2D eigenvalue weighted by atomic mass is 16.5. The van der Waals surface area contributed by atoms with Crippen LogP contribution in [0, 0.1) is 0 Å². The first-order valence-corrected chi connectivity index (χ1v) is 10.9. The molecule has 170 valence electrons. The molecular weight excluding hydrogens is 412 g/mol. The molecule has 0 atom stereocenters. The van der Waals surface area contributed by atoms with Crippen molar-refractivity contribution in [3.05, 3.63) is 47.9 Å². The largest absolute Gasteiger partial charge is 0.472 e. The van der Waals surface area contributed by atoms with Gasteiger partial charge in [0, 0.05) is 32.2 Å². The van der Waals surface area contributed by atoms with Crippen molar-refractivity contribution in [2.24, 2.45) is 0 Å². The zero-order valence-electron chi connectivity index (χ0n) is 18.1. The Hall–Kier alpha value is -3.49. The number of likely N-dealkylation sites (tertiary alicyclic amines) is 1. The molecule has 2 aliphatic heterocycles. The van der Waals surface area contributed by atoms with Gasteiger partial charge < -0.3 is 29.6 Å². The highest BCUT2D eigenvalue weighted by Crippen LogP contribution is 2.30. The van der Waals surface area contributed by atoms with E-state index in [4.69, 9.17) is 9.15 Å². The number of methoxy groups -OCH3 is 1. The second-order valence-corrected chi connectivity index (χ2v) is 8.09. The van der Waals surface area contributed by atoms with E-state index in [1.165, 1.54) is 19.6 Å². The molecule has 0 spiro atoms. The van der Waals surface area contributed by atoms with Gasteiger partial charge in [0.25, 0.3) is 5.91 Å². The number of rotatable bonds is 5. The summed E-state index contributed by atoms with van der Waals surface area (Å²) in [7, 11) is 1.33. The van der Waals surface area contributed by atoms with Gasteiger partial charge in [0.15, 0.2) is 0 Å². The van der Waals surface area contributed by atoms with Gasteiger partial charge in [0.1, 0.15) is 6.26 Å². The molecule has 3 heterocycles. The van der Waals surface area contributed by atoms with E-state index in [1.807, 2.05) is 6.07 Å². The first-order valence-electron chi connectivity index (χ1n) is 10.9. The number of benzene rings is 1. The van der Waals surface area contributed by atoms with E-state index in [2.05, 4.69) is 15.5 Å². The highest BCUT2D eigenvalue weighted by Gasteiger charge is 2.26. The van der Waals surface area contributed by atoms with Gasteiger partial charge >= 0.3 is 12.0 Å². The van der Waals surface area contributed by atoms with Gasteiger partial charge in [0.05, 0.1) is 35.9 Å². The van der Waals surface area contributed by atoms with E-state index >= 15 is 0 Å². The number of anilines is 2. The van der Waals surface area contributed by atoms with Crippen LogP contribution in [0.1, 0.15) is 46.4 Å². The van der Waals surface area contributed by atoms with Crippen molar-refractivity contribution in [3.8, 4) is 0 Å². The Kier molecular flexibility index (Phi) is 6.63. The maximum atomic E-state index is 12.8.